The highest BCUT2D eigenvalue weighted by molar-refractivity contribution is 6.51. The molecule has 1 atom stereocenters. The van der Waals surface area contributed by atoms with E-state index in [9.17, 15) is 14.7 Å². The Labute approximate surface area is 199 Å². The molecule has 3 aromatic rings. The van der Waals surface area contributed by atoms with Crippen LogP contribution in [-0.4, -0.2) is 31.0 Å². The van der Waals surface area contributed by atoms with Crippen LogP contribution in [0.1, 0.15) is 33.9 Å². The molecule has 1 N–H and O–H groups in total. The normalized spacial score (nSPS) is 17.2. The lowest BCUT2D eigenvalue weighted by molar-refractivity contribution is -0.132. The molecule has 0 aromatic heterocycles. The van der Waals surface area contributed by atoms with Crippen molar-refractivity contribution in [3.05, 3.63) is 94.1 Å². The monoisotopic (exact) mass is 457 g/mol. The van der Waals surface area contributed by atoms with Crippen LogP contribution in [0.2, 0.25) is 0 Å². The average molecular weight is 458 g/mol. The Bertz CT molecular complexity index is 1290. The molecule has 1 saturated heterocycles. The summed E-state index contributed by atoms with van der Waals surface area (Å²) < 4.78 is 10.6. The highest BCUT2D eigenvalue weighted by atomic mass is 16.5. The standard InChI is InChI=1S/C28H27NO5/c1-16-12-17(2)14-21(13-16)29-25(19-6-9-22(33-4)10-7-19)24(27(31)28(29)32)26(30)20-8-11-23(34-5)18(3)15-20/h6-15,25,30H,1-5H3/b26-24-. The fourth-order valence-electron chi connectivity index (χ4n) is 4.47. The number of aliphatic hydroxyl groups is 1. The fraction of sp³-hybridized carbons (Fsp3) is 0.214. The predicted molar refractivity (Wildman–Crippen MR) is 131 cm³/mol. The molecule has 4 rings (SSSR count). The molecule has 6 heteroatoms. The zero-order chi connectivity index (χ0) is 24.6. The van der Waals surface area contributed by atoms with Gasteiger partial charge in [0, 0.05) is 11.3 Å². The number of carbonyl (C=O) groups excluding carboxylic acids is 2. The minimum Gasteiger partial charge on any atom is -0.507 e. The second kappa shape index (κ2) is 9.06. The number of hydrogen-bond donors (Lipinski definition) is 1. The molecule has 1 aliphatic rings. The van der Waals surface area contributed by atoms with Crippen LogP contribution in [0, 0.1) is 20.8 Å². The number of hydrogen-bond acceptors (Lipinski definition) is 5. The summed E-state index contributed by atoms with van der Waals surface area (Å²) in [6.45, 7) is 5.73. The van der Waals surface area contributed by atoms with Crippen LogP contribution < -0.4 is 14.4 Å². The van der Waals surface area contributed by atoms with Crippen molar-refractivity contribution in [3.63, 3.8) is 0 Å². The maximum atomic E-state index is 13.3. The van der Waals surface area contributed by atoms with E-state index in [0.717, 1.165) is 16.7 Å². The molecule has 3 aromatic carbocycles. The van der Waals surface area contributed by atoms with E-state index in [1.54, 1.807) is 56.7 Å². The number of anilines is 1. The molecule has 0 saturated carbocycles. The van der Waals surface area contributed by atoms with Gasteiger partial charge in [-0.05, 0) is 85.5 Å². The maximum absolute atomic E-state index is 13.3. The molecule has 1 fully saturated rings. The summed E-state index contributed by atoms with van der Waals surface area (Å²) in [5, 5.41) is 11.3. The van der Waals surface area contributed by atoms with Crippen LogP contribution in [0.5, 0.6) is 11.5 Å². The molecule has 0 spiro atoms. The van der Waals surface area contributed by atoms with Gasteiger partial charge in [-0.2, -0.15) is 0 Å². The molecule has 174 valence electrons. The van der Waals surface area contributed by atoms with E-state index in [4.69, 9.17) is 9.47 Å². The number of carbonyl (C=O) groups is 2. The van der Waals surface area contributed by atoms with E-state index >= 15 is 0 Å². The number of rotatable bonds is 5. The third-order valence-electron chi connectivity index (χ3n) is 6.03. The van der Waals surface area contributed by atoms with Crippen molar-refractivity contribution in [1.29, 1.82) is 0 Å². The van der Waals surface area contributed by atoms with Gasteiger partial charge in [-0.25, -0.2) is 0 Å². The van der Waals surface area contributed by atoms with E-state index in [0.29, 0.717) is 28.3 Å². The second-order valence-electron chi connectivity index (χ2n) is 8.47. The van der Waals surface area contributed by atoms with Gasteiger partial charge in [0.2, 0.25) is 0 Å². The number of aliphatic hydroxyl groups excluding tert-OH is 1. The Kier molecular flexibility index (Phi) is 6.16. The van der Waals surface area contributed by atoms with Gasteiger partial charge in [-0.3, -0.25) is 14.5 Å². The number of ketones is 1. The minimum atomic E-state index is -0.797. The lowest BCUT2D eigenvalue weighted by Gasteiger charge is -2.26. The molecular weight excluding hydrogens is 430 g/mol. The topological polar surface area (TPSA) is 76.1 Å². The van der Waals surface area contributed by atoms with Crippen molar-refractivity contribution in [1.82, 2.24) is 0 Å². The zero-order valence-electron chi connectivity index (χ0n) is 19.9. The van der Waals surface area contributed by atoms with Crippen LogP contribution in [0.25, 0.3) is 5.76 Å². The highest BCUT2D eigenvalue weighted by Crippen LogP contribution is 2.43. The number of methoxy groups -OCH3 is 2. The van der Waals surface area contributed by atoms with Crippen LogP contribution in [0.4, 0.5) is 5.69 Å². The van der Waals surface area contributed by atoms with Gasteiger partial charge in [0.1, 0.15) is 17.3 Å². The molecule has 0 bridgehead atoms. The molecular formula is C28H27NO5. The Morgan fingerprint density at radius 3 is 2.06 bits per heavy atom. The smallest absolute Gasteiger partial charge is 0.300 e. The molecule has 34 heavy (non-hydrogen) atoms. The SMILES string of the molecule is COc1ccc(C2/C(=C(/O)c3ccc(OC)c(C)c3)C(=O)C(=O)N2c2cc(C)cc(C)c2)cc1. The van der Waals surface area contributed by atoms with Gasteiger partial charge >= 0.3 is 0 Å². The molecule has 6 nitrogen and oxygen atoms in total. The van der Waals surface area contributed by atoms with E-state index < -0.39 is 17.7 Å². The van der Waals surface area contributed by atoms with E-state index in [-0.39, 0.29) is 11.3 Å². The van der Waals surface area contributed by atoms with Gasteiger partial charge in [0.05, 0.1) is 25.8 Å². The summed E-state index contributed by atoms with van der Waals surface area (Å²) >= 11 is 0. The van der Waals surface area contributed by atoms with E-state index in [1.165, 1.54) is 4.90 Å². The number of Topliss-reactive ketones (excluding diaryl/α,β-unsaturated/α-hetero) is 1. The molecule has 1 unspecified atom stereocenters. The zero-order valence-corrected chi connectivity index (χ0v) is 19.9. The van der Waals surface area contributed by atoms with Crippen molar-refractivity contribution >= 4 is 23.1 Å². The summed E-state index contributed by atoms with van der Waals surface area (Å²) in [5.74, 6) is -0.322. The third-order valence-corrected chi connectivity index (χ3v) is 6.03. The fourth-order valence-corrected chi connectivity index (χ4v) is 4.47. The summed E-state index contributed by atoms with van der Waals surface area (Å²) in [6, 6.07) is 17.2. The Balaban J connectivity index is 1.95. The Morgan fingerprint density at radius 2 is 1.50 bits per heavy atom. The lowest BCUT2D eigenvalue weighted by atomic mass is 9.94. The summed E-state index contributed by atoms with van der Waals surface area (Å²) in [4.78, 5) is 28.1. The van der Waals surface area contributed by atoms with Crippen LogP contribution in [0.3, 0.4) is 0 Å². The number of ether oxygens (including phenoxy) is 2. The van der Waals surface area contributed by atoms with Crippen LogP contribution in [0.15, 0.2) is 66.2 Å². The predicted octanol–water partition coefficient (Wildman–Crippen LogP) is 5.26. The maximum Gasteiger partial charge on any atom is 0.300 e. The second-order valence-corrected chi connectivity index (χ2v) is 8.47. The number of amides is 1. The summed E-state index contributed by atoms with van der Waals surface area (Å²) in [5.41, 5.74) is 4.51. The van der Waals surface area contributed by atoms with Gasteiger partial charge in [0.15, 0.2) is 0 Å². The van der Waals surface area contributed by atoms with Crippen LogP contribution >= 0.6 is 0 Å². The molecule has 0 aliphatic carbocycles. The quantitative estimate of drug-likeness (QED) is 0.322. The van der Waals surface area contributed by atoms with E-state index in [1.807, 2.05) is 39.0 Å². The highest BCUT2D eigenvalue weighted by Gasteiger charge is 2.47. The Morgan fingerprint density at radius 1 is 0.853 bits per heavy atom. The van der Waals surface area contributed by atoms with Crippen molar-refractivity contribution in [2.75, 3.05) is 19.1 Å². The van der Waals surface area contributed by atoms with Gasteiger partial charge in [0.25, 0.3) is 11.7 Å². The van der Waals surface area contributed by atoms with Crippen molar-refractivity contribution in [3.8, 4) is 11.5 Å². The number of nitrogens with zero attached hydrogens (tertiary/aromatic N) is 1. The molecule has 1 aliphatic heterocycles. The number of aryl methyl sites for hydroxylation is 3. The largest absolute Gasteiger partial charge is 0.507 e. The Hall–Kier alpha value is -4.06. The first-order valence-corrected chi connectivity index (χ1v) is 10.9. The molecule has 1 heterocycles. The summed E-state index contributed by atoms with van der Waals surface area (Å²) in [7, 11) is 3.14. The van der Waals surface area contributed by atoms with Crippen LogP contribution in [-0.2, 0) is 9.59 Å². The summed E-state index contributed by atoms with van der Waals surface area (Å²) in [6.07, 6.45) is 0. The lowest BCUT2D eigenvalue weighted by Crippen LogP contribution is -2.29. The molecule has 0 radical (unpaired) electrons. The average Bonchev–Trinajstić information content (AvgIpc) is 3.08. The minimum absolute atomic E-state index is 0.0406. The first-order valence-electron chi connectivity index (χ1n) is 10.9. The van der Waals surface area contributed by atoms with Gasteiger partial charge in [-0.1, -0.05) is 18.2 Å². The number of benzene rings is 3. The first-order chi connectivity index (χ1) is 16.2. The first kappa shape index (κ1) is 23.1. The van der Waals surface area contributed by atoms with Crippen molar-refractivity contribution in [2.45, 2.75) is 26.8 Å². The van der Waals surface area contributed by atoms with Gasteiger partial charge < -0.3 is 14.6 Å². The third kappa shape index (κ3) is 4.03. The molecule has 1 amide bonds. The van der Waals surface area contributed by atoms with Gasteiger partial charge in [-0.15, -0.1) is 0 Å². The van der Waals surface area contributed by atoms with Crippen molar-refractivity contribution in [2.24, 2.45) is 0 Å². The van der Waals surface area contributed by atoms with E-state index in [2.05, 4.69) is 0 Å². The van der Waals surface area contributed by atoms with Crippen molar-refractivity contribution < 1.29 is 24.2 Å².